The van der Waals surface area contributed by atoms with E-state index in [1.54, 1.807) is 11.8 Å². The molecule has 0 aliphatic rings. The molecule has 0 aromatic carbocycles. The molecule has 17 heavy (non-hydrogen) atoms. The third kappa shape index (κ3) is 6.67. The number of aryl methyl sites for hydroxylation is 3. The second kappa shape index (κ2) is 11.9. The lowest BCUT2D eigenvalue weighted by Gasteiger charge is -2.08. The van der Waals surface area contributed by atoms with Crippen LogP contribution in [0.1, 0.15) is 58.3 Å². The first-order chi connectivity index (χ1) is 8.19. The Morgan fingerprint density at radius 1 is 1.00 bits per heavy atom. The van der Waals surface area contributed by atoms with Gasteiger partial charge in [-0.15, -0.1) is 11.8 Å². The molecule has 0 fully saturated rings. The molecule has 0 N–H and O–H groups in total. The van der Waals surface area contributed by atoms with Crippen molar-refractivity contribution in [1.82, 2.24) is 9.97 Å². The Morgan fingerprint density at radius 3 is 1.94 bits per heavy atom. The van der Waals surface area contributed by atoms with Crippen LogP contribution in [0.4, 0.5) is 0 Å². The van der Waals surface area contributed by atoms with Crippen molar-refractivity contribution in [2.24, 2.45) is 0 Å². The van der Waals surface area contributed by atoms with Crippen LogP contribution < -0.4 is 0 Å². The Hall–Kier alpha value is -0.570. The van der Waals surface area contributed by atoms with Gasteiger partial charge in [0.05, 0.1) is 11.4 Å². The first-order valence-corrected chi connectivity index (χ1v) is 7.79. The molecule has 100 valence electrons. The van der Waals surface area contributed by atoms with Crippen LogP contribution in [0.25, 0.3) is 0 Å². The van der Waals surface area contributed by atoms with Crippen molar-refractivity contribution in [2.75, 3.05) is 6.26 Å². The van der Waals surface area contributed by atoms with E-state index in [0.717, 1.165) is 24.4 Å². The monoisotopic (exact) mass is 256 g/mol. The van der Waals surface area contributed by atoms with Gasteiger partial charge in [0.2, 0.25) is 0 Å². The van der Waals surface area contributed by atoms with E-state index in [-0.39, 0.29) is 0 Å². The summed E-state index contributed by atoms with van der Waals surface area (Å²) in [5, 5.41) is 0. The van der Waals surface area contributed by atoms with Crippen molar-refractivity contribution < 1.29 is 0 Å². The van der Waals surface area contributed by atoms with Gasteiger partial charge >= 0.3 is 0 Å². The van der Waals surface area contributed by atoms with Crippen molar-refractivity contribution in [3.05, 3.63) is 17.2 Å². The Morgan fingerprint density at radius 2 is 1.53 bits per heavy atom. The highest BCUT2D eigenvalue weighted by molar-refractivity contribution is 7.98. The summed E-state index contributed by atoms with van der Waals surface area (Å²) in [6.45, 7) is 14.2. The van der Waals surface area contributed by atoms with Gasteiger partial charge in [0.25, 0.3) is 0 Å². The molecule has 1 aromatic heterocycles. The lowest BCUT2D eigenvalue weighted by atomic mass is 10.2. The highest BCUT2D eigenvalue weighted by Crippen LogP contribution is 2.22. The van der Waals surface area contributed by atoms with Crippen molar-refractivity contribution >= 4 is 11.8 Å². The fourth-order valence-corrected chi connectivity index (χ4v) is 2.17. The molecule has 0 spiro atoms. The van der Waals surface area contributed by atoms with Gasteiger partial charge < -0.3 is 0 Å². The van der Waals surface area contributed by atoms with E-state index in [4.69, 9.17) is 0 Å². The molecule has 2 nitrogen and oxygen atoms in total. The van der Waals surface area contributed by atoms with Gasteiger partial charge in [-0.25, -0.2) is 9.97 Å². The van der Waals surface area contributed by atoms with E-state index in [1.165, 1.54) is 10.6 Å². The van der Waals surface area contributed by atoms with Gasteiger partial charge in [0, 0.05) is 4.90 Å². The molecule has 0 amide bonds. The molecular formula is C14H28N2S. The number of aromatic nitrogens is 2. The average Bonchev–Trinajstić information content (AvgIpc) is 2.34. The molecule has 1 heterocycles. The zero-order valence-corrected chi connectivity index (χ0v) is 13.5. The quantitative estimate of drug-likeness (QED) is 0.725. The third-order valence-electron chi connectivity index (χ3n) is 1.91. The van der Waals surface area contributed by atoms with Crippen LogP contribution in [-0.2, 0) is 6.42 Å². The fourth-order valence-electron chi connectivity index (χ4n) is 1.45. The largest absolute Gasteiger partial charge is 0.237 e. The minimum atomic E-state index is 0.888. The predicted octanol–water partition coefficient (Wildman–Crippen LogP) is 4.82. The van der Waals surface area contributed by atoms with E-state index in [9.17, 15) is 0 Å². The van der Waals surface area contributed by atoms with Gasteiger partial charge in [0.1, 0.15) is 5.82 Å². The summed E-state index contributed by atoms with van der Waals surface area (Å²) in [6, 6.07) is 0. The smallest absolute Gasteiger partial charge is 0.125 e. The van der Waals surface area contributed by atoms with Crippen LogP contribution in [0.15, 0.2) is 4.90 Å². The van der Waals surface area contributed by atoms with Gasteiger partial charge in [-0.1, -0.05) is 41.0 Å². The molecule has 0 saturated heterocycles. The standard InChI is InChI=1S/C10H16N2S.2C2H6/c1-5-6-9-10(13-4)7(2)11-8(3)12-9;2*1-2/h5-6H2,1-4H3;2*1-2H3. The highest BCUT2D eigenvalue weighted by atomic mass is 32.2. The summed E-state index contributed by atoms with van der Waals surface area (Å²) < 4.78 is 0. The van der Waals surface area contributed by atoms with Crippen molar-refractivity contribution in [1.29, 1.82) is 0 Å². The number of nitrogens with zero attached hydrogens (tertiary/aromatic N) is 2. The Bertz CT molecular complexity index is 299. The third-order valence-corrected chi connectivity index (χ3v) is 2.85. The lowest BCUT2D eigenvalue weighted by molar-refractivity contribution is 0.810. The van der Waals surface area contributed by atoms with Gasteiger partial charge in [-0.05, 0) is 26.5 Å². The van der Waals surface area contributed by atoms with Crippen LogP contribution >= 0.6 is 11.8 Å². The number of thioether (sulfide) groups is 1. The van der Waals surface area contributed by atoms with Crippen molar-refractivity contribution in [3.63, 3.8) is 0 Å². The highest BCUT2D eigenvalue weighted by Gasteiger charge is 2.07. The number of hydrogen-bond acceptors (Lipinski definition) is 3. The summed E-state index contributed by atoms with van der Waals surface area (Å²) >= 11 is 1.75. The molecule has 1 rings (SSSR count). The summed E-state index contributed by atoms with van der Waals surface area (Å²) in [6.07, 6.45) is 4.28. The first kappa shape index (κ1) is 18.8. The molecule has 0 aliphatic heterocycles. The fraction of sp³-hybridized carbons (Fsp3) is 0.714. The van der Waals surface area contributed by atoms with E-state index in [1.807, 2.05) is 34.6 Å². The van der Waals surface area contributed by atoms with Crippen LogP contribution in [0.5, 0.6) is 0 Å². The van der Waals surface area contributed by atoms with Crippen molar-refractivity contribution in [2.45, 2.75) is 66.2 Å². The van der Waals surface area contributed by atoms with Crippen LogP contribution in [-0.4, -0.2) is 16.2 Å². The topological polar surface area (TPSA) is 25.8 Å². The molecule has 0 bridgehead atoms. The van der Waals surface area contributed by atoms with Gasteiger partial charge in [0.15, 0.2) is 0 Å². The molecular weight excluding hydrogens is 228 g/mol. The first-order valence-electron chi connectivity index (χ1n) is 6.57. The maximum absolute atomic E-state index is 4.46. The van der Waals surface area contributed by atoms with E-state index < -0.39 is 0 Å². The molecule has 0 radical (unpaired) electrons. The predicted molar refractivity (Wildman–Crippen MR) is 80.0 cm³/mol. The number of hydrogen-bond donors (Lipinski definition) is 0. The molecule has 3 heteroatoms. The van der Waals surface area contributed by atoms with E-state index >= 15 is 0 Å². The number of rotatable bonds is 3. The van der Waals surface area contributed by atoms with Crippen LogP contribution in [0.3, 0.4) is 0 Å². The van der Waals surface area contributed by atoms with E-state index in [0.29, 0.717) is 0 Å². The Balaban J connectivity index is 0. The van der Waals surface area contributed by atoms with Gasteiger partial charge in [-0.2, -0.15) is 0 Å². The van der Waals surface area contributed by atoms with Crippen molar-refractivity contribution in [3.8, 4) is 0 Å². The Kier molecular flexibility index (Phi) is 13.2. The zero-order valence-electron chi connectivity index (χ0n) is 12.7. The van der Waals surface area contributed by atoms with Crippen LogP contribution in [0, 0.1) is 13.8 Å². The molecule has 0 atom stereocenters. The zero-order chi connectivity index (χ0) is 13.8. The molecule has 0 unspecified atom stereocenters. The van der Waals surface area contributed by atoms with Gasteiger partial charge in [-0.3, -0.25) is 0 Å². The minimum absolute atomic E-state index is 0.888. The minimum Gasteiger partial charge on any atom is -0.237 e. The second-order valence-electron chi connectivity index (χ2n) is 3.09. The maximum atomic E-state index is 4.46. The summed E-state index contributed by atoms with van der Waals surface area (Å²) in [7, 11) is 0. The second-order valence-corrected chi connectivity index (χ2v) is 3.90. The van der Waals surface area contributed by atoms with E-state index in [2.05, 4.69) is 30.1 Å². The normalized spacial score (nSPS) is 8.71. The summed E-state index contributed by atoms with van der Waals surface area (Å²) in [5.41, 5.74) is 2.32. The molecule has 0 aliphatic carbocycles. The summed E-state index contributed by atoms with van der Waals surface area (Å²) in [4.78, 5) is 10.1. The SMILES string of the molecule is CC.CC.CCCc1nc(C)nc(C)c1SC. The Labute approximate surface area is 112 Å². The molecule has 1 aromatic rings. The maximum Gasteiger partial charge on any atom is 0.125 e. The average molecular weight is 256 g/mol. The van der Waals surface area contributed by atoms with Crippen LogP contribution in [0.2, 0.25) is 0 Å². The lowest BCUT2D eigenvalue weighted by Crippen LogP contribution is -2.01. The summed E-state index contributed by atoms with van der Waals surface area (Å²) in [5.74, 6) is 0.888. The molecule has 0 saturated carbocycles.